The predicted molar refractivity (Wildman–Crippen MR) is 379 cm³/mol. The topological polar surface area (TPSA) is 588 Å². The van der Waals surface area contributed by atoms with E-state index in [2.05, 4.69) is 9.10 Å². The normalized spacial score (nSPS) is 26.8. The fourth-order valence-corrected chi connectivity index (χ4v) is 63.1. The smallest absolute Gasteiger partial charge is 0.488 e. The third kappa shape index (κ3) is 32.0. The van der Waals surface area contributed by atoms with Crippen LogP contribution in [0.15, 0.2) is 0 Å². The number of carboxylic acid groups (broad SMARTS) is 2. The number of nitrogens with zero attached hydrogens (tertiary/aromatic N) is 1. The van der Waals surface area contributed by atoms with Crippen molar-refractivity contribution in [3.63, 3.8) is 0 Å². The van der Waals surface area contributed by atoms with Crippen LogP contribution in [0, 0.1) is 0 Å². The molecule has 5 aliphatic heterocycles. The molecule has 0 saturated carbocycles. The molecule has 102 heavy (non-hydrogen) atoms. The van der Waals surface area contributed by atoms with Gasteiger partial charge in [-0.15, -0.1) is 0 Å². The number of fused-ring (bicyclic) bond motifs is 4. The summed E-state index contributed by atoms with van der Waals surface area (Å²) >= 11 is -16.6. The molecule has 0 aliphatic carbocycles. The average Bonchev–Trinajstić information content (AvgIpc) is 0.803. The Morgan fingerprint density at radius 3 is 0.980 bits per heavy atom. The van der Waals surface area contributed by atoms with Gasteiger partial charge in [-0.2, -0.15) is 0 Å². The lowest BCUT2D eigenvalue weighted by Gasteiger charge is -2.43. The molecule has 0 aromatic carbocycles. The molecule has 0 radical (unpaired) electrons. The number of carbonyl (C=O) groups is 2. The van der Waals surface area contributed by atoms with Crippen molar-refractivity contribution in [2.75, 3.05) is 91.9 Å². The molecule has 4 unspecified atom stereocenters. The monoisotopic (exact) mass is 1810 g/mol. The van der Waals surface area contributed by atoms with E-state index in [1.165, 1.54) is 13.5 Å². The van der Waals surface area contributed by atoms with Crippen LogP contribution in [0.3, 0.4) is 0 Å². The van der Waals surface area contributed by atoms with Crippen molar-refractivity contribution in [3.8, 4) is 0 Å². The highest BCUT2D eigenvalue weighted by Gasteiger charge is 2.77. The van der Waals surface area contributed by atoms with Gasteiger partial charge in [-0.05, 0) is 51.5 Å². The van der Waals surface area contributed by atoms with Crippen LogP contribution in [-0.2, 0) is 137 Å². The molecule has 5 rings (SSSR count). The lowest BCUT2D eigenvalue weighted by molar-refractivity contribution is -0.141. The maximum absolute atomic E-state index is 12.1. The fourth-order valence-electron chi connectivity index (χ4n) is 7.82. The number of carboxylic acids is 2. The molecule has 0 amide bonds. The Kier molecular flexibility index (Phi) is 54.5. The molecule has 5 saturated heterocycles. The van der Waals surface area contributed by atoms with Gasteiger partial charge in [-0.3, -0.25) is 14.2 Å². The second-order valence-electron chi connectivity index (χ2n) is 18.6. The molecule has 0 aromatic rings. The molecule has 4 bridgehead atoms. The van der Waals surface area contributed by atoms with Crippen LogP contribution in [0.2, 0.25) is 25.2 Å². The standard InChI is InChI=1S/C8H16NO3Si.C6H14NO3Si.2C6H18O10Si3.10CH4.4Al.2H5O10Si3/c1-3-13(2,12)9-6-4-5-7(9)8(10)11;1-4-11(3,10)7-5(2)6(8)9;2*1-9-17(7,10-2)15-19(13-5,14-6)16-18(8,11-3)12-4;;;;;;;;;;;;;;;2*1-11(2,3)9-13(7,8)10-12(4,5)6/h7H,3-6H2,1-2H3,(H,10,11);5,7H,4H2,1-3H3,(H,8,9);2*1-6H3;10*1H4;;;;;2*1-2,4-5,7H/q2*-1;2*-2;;;;;;;;;;;4*+3;2*-3/t7?,13-;5?,11-;;;;;;;;;;;;;;;;;;/m11................../s1. The maximum Gasteiger partial charge on any atom is 0.886 e. The van der Waals surface area contributed by atoms with Crippen molar-refractivity contribution in [2.24, 2.45) is 0 Å². The summed E-state index contributed by atoms with van der Waals surface area (Å²) < 4.78 is 177. The second kappa shape index (κ2) is 47.3. The number of aliphatic carboxylic acids is 2. The van der Waals surface area contributed by atoms with Crippen molar-refractivity contribution >= 4 is 198 Å². The van der Waals surface area contributed by atoms with Crippen LogP contribution in [0.25, 0.3) is 0 Å². The highest BCUT2D eigenvalue weighted by atomic mass is 28.5. The van der Waals surface area contributed by atoms with E-state index in [9.17, 15) is 67.8 Å². The zero-order valence-corrected chi connectivity index (χ0v) is 70.8. The van der Waals surface area contributed by atoms with Gasteiger partial charge in [0.2, 0.25) is 17.0 Å². The number of nitrogens with one attached hydrogen (secondary N) is 1. The molecule has 614 valence electrons. The van der Waals surface area contributed by atoms with Crippen LogP contribution >= 0.6 is 0 Å². The lowest BCUT2D eigenvalue weighted by Crippen LogP contribution is -2.74. The average molecular weight is 1810 g/mol. The predicted octanol–water partition coefficient (Wildman–Crippen LogP) is -3.64. The maximum atomic E-state index is 12.1. The van der Waals surface area contributed by atoms with Gasteiger partial charge in [0.05, 0.1) is 6.04 Å². The van der Waals surface area contributed by atoms with Gasteiger partial charge in [0.1, 0.15) is 6.04 Å². The van der Waals surface area contributed by atoms with Gasteiger partial charge in [0.15, 0.2) is 0 Å². The first kappa shape index (κ1) is 118. The van der Waals surface area contributed by atoms with Crippen molar-refractivity contribution < 1.29 is 196 Å². The minimum Gasteiger partial charge on any atom is -0.488 e. The zero-order chi connectivity index (χ0) is 70.1. The fraction of sp³-hybridized carbons (Fsp3) is 0.944. The minimum atomic E-state index is -5.76. The van der Waals surface area contributed by atoms with Crippen molar-refractivity contribution in [1.29, 1.82) is 0 Å². The van der Waals surface area contributed by atoms with Crippen molar-refractivity contribution in [1.82, 2.24) is 9.55 Å². The van der Waals surface area contributed by atoms with Crippen LogP contribution in [0.4, 0.5) is 0 Å². The summed E-state index contributed by atoms with van der Waals surface area (Å²) in [6.07, 6.45) is 0.855. The van der Waals surface area contributed by atoms with Gasteiger partial charge in [0, 0.05) is 85.3 Å². The SMILES string of the molecule is C.C.C.C.C.C.C.C.C.C.CC[Si@@](C)([O][Al]1[O][Si](O)(O)O[Si]2(O)[O][Al]([O][Si](O)(O)O2)[O][Si](OC)(OC)O[Si](OC)(OC)O[Si](OC)(OC)[O]1)N1CCCC1C(=O)O.CC[Si@](C)(NC(C)C(=O)O)[O][Al]1[O][Si](O)(O)O[Si]2(O)[O][Al]([O][Si](O)(O)O2)[O][Si](OC)(OC)O[Si](OC)(OC)O[Si](OC)(OC)[O]1. The van der Waals surface area contributed by atoms with E-state index in [-0.39, 0.29) is 86.4 Å². The Morgan fingerprint density at radius 2 is 0.716 bits per heavy atom. The Hall–Kier alpha value is 2.35. The van der Waals surface area contributed by atoms with E-state index in [0.717, 1.165) is 85.3 Å². The van der Waals surface area contributed by atoms with Crippen LogP contribution in [0.1, 0.15) is 108 Å². The van der Waals surface area contributed by atoms with Gasteiger partial charge < -0.3 is 191 Å². The highest BCUT2D eigenvalue weighted by molar-refractivity contribution is 6.87. The molecule has 5 aliphatic rings. The molecular weight excluding hydrogens is 1700 g/mol. The minimum absolute atomic E-state index is 0. The molecule has 66 heteroatoms. The summed E-state index contributed by atoms with van der Waals surface area (Å²) in [4.78, 5) is 133. The Labute approximate surface area is 635 Å². The summed E-state index contributed by atoms with van der Waals surface area (Å²) in [5.74, 6) is -2.32. The first-order valence-corrected chi connectivity index (χ1v) is 56.8. The molecule has 48 nitrogen and oxygen atoms in total. The third-order valence-corrected chi connectivity index (χ3v) is 65.7. The molecule has 6 atom stereocenters. The number of hydrogen-bond acceptors (Lipinski definition) is 46. The quantitative estimate of drug-likeness (QED) is 0.0439. The highest BCUT2D eigenvalue weighted by Crippen LogP contribution is 2.36. The molecule has 0 spiro atoms. The molecule has 0 aromatic heterocycles. The van der Waals surface area contributed by atoms with E-state index in [1.54, 1.807) is 25.0 Å². The van der Waals surface area contributed by atoms with E-state index in [1.807, 2.05) is 0 Å². The van der Waals surface area contributed by atoms with E-state index >= 15 is 0 Å². The first-order chi connectivity index (χ1) is 42.4. The Balaban J connectivity index is -0.000000323. The van der Waals surface area contributed by atoms with Crippen molar-refractivity contribution in [3.05, 3.63) is 0 Å². The zero-order valence-electron chi connectivity index (χ0n) is 52.2. The van der Waals surface area contributed by atoms with Gasteiger partial charge >= 0.3 is 181 Å². The van der Waals surface area contributed by atoms with E-state index in [4.69, 9.17) is 124 Å². The molecular formula is C36H116Al4N2O46Si14. The number of rotatable bonds is 23. The summed E-state index contributed by atoms with van der Waals surface area (Å²) in [6.45, 7) is 8.24. The molecule has 5 fully saturated rings. The summed E-state index contributed by atoms with van der Waals surface area (Å²) in [7, 11) is -55.2. The van der Waals surface area contributed by atoms with Crippen LogP contribution in [0.5, 0.6) is 0 Å². The number of hydrogen-bond donors (Lipinski definition) is 13. The lowest BCUT2D eigenvalue weighted by atomic mass is 10.2. The Morgan fingerprint density at radius 1 is 0.431 bits per heavy atom. The third-order valence-electron chi connectivity index (χ3n) is 12.6. The van der Waals surface area contributed by atoms with Crippen LogP contribution < -0.4 is 4.98 Å². The van der Waals surface area contributed by atoms with Gasteiger partial charge in [0.25, 0.3) is 0 Å². The van der Waals surface area contributed by atoms with E-state index in [0.29, 0.717) is 19.4 Å². The second-order valence-corrected chi connectivity index (χ2v) is 63.2. The summed E-state index contributed by atoms with van der Waals surface area (Å²) in [5.41, 5.74) is 0. The summed E-state index contributed by atoms with van der Waals surface area (Å²) in [5, 5.41) is 19.3. The largest absolute Gasteiger partial charge is 0.886 e. The molecule has 13 N–H and O–H groups in total. The van der Waals surface area contributed by atoms with Crippen LogP contribution in [-0.4, -0.2) is 365 Å². The van der Waals surface area contributed by atoms with Gasteiger partial charge in [-0.25, -0.2) is 0 Å². The van der Waals surface area contributed by atoms with Crippen molar-refractivity contribution in [2.45, 2.75) is 145 Å². The first-order valence-electron chi connectivity index (χ1n) is 26.0. The summed E-state index contributed by atoms with van der Waals surface area (Å²) in [6, 6.07) is -1.64. The van der Waals surface area contributed by atoms with E-state index < -0.39 is 210 Å². The Bertz CT molecular complexity index is 2370. The molecule has 5 heterocycles. The van der Waals surface area contributed by atoms with Gasteiger partial charge in [-0.1, -0.05) is 88.1 Å².